The number of hydrogen-bond donors (Lipinski definition) is 1. The van der Waals surface area contributed by atoms with E-state index in [-0.39, 0.29) is 12.1 Å². The molecule has 0 aliphatic carbocycles. The molecule has 0 spiro atoms. The Morgan fingerprint density at radius 1 is 1.24 bits per heavy atom. The summed E-state index contributed by atoms with van der Waals surface area (Å²) in [7, 11) is 0.985. The molecule has 21 heavy (non-hydrogen) atoms. The van der Waals surface area contributed by atoms with E-state index in [4.69, 9.17) is 0 Å². The zero-order valence-corrected chi connectivity index (χ0v) is 10.6. The minimum absolute atomic E-state index is 0.00298. The van der Waals surface area contributed by atoms with E-state index < -0.39 is 30.1 Å². The number of carbonyl (C=O) groups is 3. The fourth-order valence-electron chi connectivity index (χ4n) is 1.32. The van der Waals surface area contributed by atoms with Crippen LogP contribution in [-0.2, 0) is 20.5 Å². The average molecular weight is 300 g/mol. The van der Waals surface area contributed by atoms with Crippen LogP contribution in [0, 0.1) is 0 Å². The molecule has 111 valence electrons. The van der Waals surface area contributed by atoms with E-state index >= 15 is 0 Å². The first-order valence-corrected chi connectivity index (χ1v) is 5.71. The second kappa shape index (κ2) is 7.58. The molecule has 1 radical (unpaired) electrons. The number of ether oxygens (including phenoxy) is 1. The van der Waals surface area contributed by atoms with E-state index in [1.165, 1.54) is 0 Å². The number of halogens is 3. The first kappa shape index (κ1) is 16.9. The molecule has 5 nitrogen and oxygen atoms in total. The van der Waals surface area contributed by atoms with Crippen LogP contribution in [0.5, 0.6) is 0 Å². The van der Waals surface area contributed by atoms with Gasteiger partial charge in [-0.25, -0.2) is 0 Å². The lowest BCUT2D eigenvalue weighted by Crippen LogP contribution is -2.29. The highest BCUT2D eigenvalue weighted by atomic mass is 19.4. The minimum Gasteiger partial charge on any atom is -0.456 e. The largest absolute Gasteiger partial charge is 0.456 e. The molecule has 0 aromatic heterocycles. The quantitative estimate of drug-likeness (QED) is 0.265. The molecule has 0 atom stereocenters. The Kier molecular flexibility index (Phi) is 6.10. The summed E-state index contributed by atoms with van der Waals surface area (Å²) in [6, 6.07) is 3.57. The van der Waals surface area contributed by atoms with Gasteiger partial charge in [0, 0.05) is 5.56 Å². The number of alkyl halides is 3. The maximum Gasteiger partial charge on any atom is 0.416 e. The number of ketones is 1. The fraction of sp³-hybridized carbons (Fsp3) is 0.250. The number of Topliss-reactive ketones (excluding diaryl/α,β-unsaturated/α-hetero) is 1. The van der Waals surface area contributed by atoms with Crippen LogP contribution in [0.4, 0.5) is 13.2 Å². The topological polar surface area (TPSA) is 72.5 Å². The lowest BCUT2D eigenvalue weighted by Gasteiger charge is -2.07. The van der Waals surface area contributed by atoms with E-state index in [2.05, 4.69) is 9.96 Å². The minimum atomic E-state index is -4.48. The van der Waals surface area contributed by atoms with Crippen LogP contribution in [0.25, 0.3) is 0 Å². The standard InChI is InChI=1S/C12H10BF3NO4/c14-12(15,16)9-3-1-8(2-4-9)10(19)6-21-11(20)5-17-13-7-18/h1-4,7,17H,5-6H2. The lowest BCUT2D eigenvalue weighted by molar-refractivity contribution is -0.141. The van der Waals surface area contributed by atoms with Gasteiger partial charge in [0.05, 0.1) is 18.3 Å². The van der Waals surface area contributed by atoms with Crippen molar-refractivity contribution in [3.05, 3.63) is 35.4 Å². The van der Waals surface area contributed by atoms with Crippen molar-refractivity contribution in [2.45, 2.75) is 6.18 Å². The first-order valence-electron chi connectivity index (χ1n) is 5.71. The predicted octanol–water partition coefficient (Wildman–Crippen LogP) is 0.830. The molecule has 0 saturated carbocycles. The molecule has 1 rings (SSSR count). The maximum atomic E-state index is 12.3. The Hall–Kier alpha value is -2.16. The van der Waals surface area contributed by atoms with Crippen molar-refractivity contribution in [1.82, 2.24) is 5.23 Å². The molecule has 0 amide bonds. The van der Waals surface area contributed by atoms with Crippen molar-refractivity contribution in [2.75, 3.05) is 13.2 Å². The van der Waals surface area contributed by atoms with Crippen LogP contribution < -0.4 is 5.23 Å². The highest BCUT2D eigenvalue weighted by Gasteiger charge is 2.30. The summed E-state index contributed by atoms with van der Waals surface area (Å²) < 4.78 is 41.6. The highest BCUT2D eigenvalue weighted by Crippen LogP contribution is 2.29. The summed E-state index contributed by atoms with van der Waals surface area (Å²) in [5, 5.41) is 2.32. The molecule has 1 aromatic carbocycles. The Labute approximate surface area is 118 Å². The molecule has 0 aliphatic heterocycles. The number of benzene rings is 1. The monoisotopic (exact) mass is 300 g/mol. The van der Waals surface area contributed by atoms with Gasteiger partial charge >= 0.3 is 12.1 Å². The molecule has 1 aromatic rings. The molecular formula is C12H10BF3NO4. The second-order valence-electron chi connectivity index (χ2n) is 3.84. The summed E-state index contributed by atoms with van der Waals surface area (Å²) in [6.07, 6.45) is -4.05. The summed E-state index contributed by atoms with van der Waals surface area (Å²) >= 11 is 0. The molecule has 0 saturated heterocycles. The third-order valence-corrected chi connectivity index (χ3v) is 2.33. The summed E-state index contributed by atoms with van der Waals surface area (Å²) in [4.78, 5) is 32.6. The fourth-order valence-corrected chi connectivity index (χ4v) is 1.32. The van der Waals surface area contributed by atoms with Crippen LogP contribution in [0.1, 0.15) is 15.9 Å². The number of esters is 1. The van der Waals surface area contributed by atoms with Gasteiger partial charge in [0.15, 0.2) is 12.4 Å². The highest BCUT2D eigenvalue weighted by molar-refractivity contribution is 6.64. The van der Waals surface area contributed by atoms with Gasteiger partial charge in [0.2, 0.25) is 0 Å². The number of rotatable bonds is 7. The van der Waals surface area contributed by atoms with E-state index in [0.29, 0.717) is 6.19 Å². The predicted molar refractivity (Wildman–Crippen MR) is 67.2 cm³/mol. The van der Waals surface area contributed by atoms with Crippen LogP contribution in [-0.4, -0.2) is 38.5 Å². The van der Waals surface area contributed by atoms with Crippen molar-refractivity contribution in [3.63, 3.8) is 0 Å². The SMILES string of the molecule is O=C[B]NCC(=O)OCC(=O)c1ccc(C(F)(F)F)cc1. The van der Waals surface area contributed by atoms with Gasteiger partial charge in [-0.15, -0.1) is 0 Å². The maximum absolute atomic E-state index is 12.3. The van der Waals surface area contributed by atoms with Gasteiger partial charge in [-0.2, -0.15) is 13.2 Å². The third kappa shape index (κ3) is 5.78. The van der Waals surface area contributed by atoms with Crippen LogP contribution in [0.15, 0.2) is 24.3 Å². The van der Waals surface area contributed by atoms with Crippen molar-refractivity contribution >= 4 is 25.4 Å². The Morgan fingerprint density at radius 2 is 1.86 bits per heavy atom. The summed E-state index contributed by atoms with van der Waals surface area (Å²) in [5.74, 6) is -1.40. The lowest BCUT2D eigenvalue weighted by atomic mass is 9.99. The summed E-state index contributed by atoms with van der Waals surface area (Å²) in [6.45, 7) is -0.883. The molecule has 0 aliphatic rings. The molecule has 1 N–H and O–H groups in total. The van der Waals surface area contributed by atoms with Crippen LogP contribution in [0.3, 0.4) is 0 Å². The van der Waals surface area contributed by atoms with Gasteiger partial charge in [-0.05, 0) is 12.1 Å². The molecule has 0 bridgehead atoms. The molecule has 0 unspecified atom stereocenters. The molecule has 0 heterocycles. The van der Waals surface area contributed by atoms with Gasteiger partial charge in [-0.3, -0.25) is 9.59 Å². The molecule has 9 heteroatoms. The van der Waals surface area contributed by atoms with Crippen LogP contribution >= 0.6 is 0 Å². The van der Waals surface area contributed by atoms with E-state index in [0.717, 1.165) is 31.7 Å². The Morgan fingerprint density at radius 3 is 2.38 bits per heavy atom. The Balaban J connectivity index is 2.49. The number of nitrogens with one attached hydrogen (secondary N) is 1. The van der Waals surface area contributed by atoms with Gasteiger partial charge in [0.1, 0.15) is 0 Å². The molecule has 0 fully saturated rings. The van der Waals surface area contributed by atoms with Gasteiger partial charge in [-0.1, -0.05) is 12.1 Å². The smallest absolute Gasteiger partial charge is 0.416 e. The second-order valence-corrected chi connectivity index (χ2v) is 3.84. The average Bonchev–Trinajstić information content (AvgIpc) is 2.44. The van der Waals surface area contributed by atoms with E-state index in [1.54, 1.807) is 0 Å². The van der Waals surface area contributed by atoms with Gasteiger partial charge < -0.3 is 14.8 Å². The number of hydrogen-bond acceptors (Lipinski definition) is 5. The van der Waals surface area contributed by atoms with Crippen LogP contribution in [0.2, 0.25) is 0 Å². The Bertz CT molecular complexity index is 516. The zero-order valence-electron chi connectivity index (χ0n) is 10.6. The molecular weight excluding hydrogens is 290 g/mol. The third-order valence-electron chi connectivity index (χ3n) is 2.33. The van der Waals surface area contributed by atoms with Gasteiger partial charge in [0.25, 0.3) is 7.41 Å². The van der Waals surface area contributed by atoms with E-state index in [9.17, 15) is 27.6 Å². The normalized spacial score (nSPS) is 10.8. The first-order chi connectivity index (χ1) is 9.84. The van der Waals surface area contributed by atoms with E-state index in [1.807, 2.05) is 0 Å². The zero-order chi connectivity index (χ0) is 15.9. The van der Waals surface area contributed by atoms with Crippen molar-refractivity contribution < 1.29 is 32.3 Å². The summed E-state index contributed by atoms with van der Waals surface area (Å²) in [5.41, 5.74) is -0.868. The number of carbonyl (C=O) groups excluding carboxylic acids is 3. The van der Waals surface area contributed by atoms with Crippen molar-refractivity contribution in [2.24, 2.45) is 0 Å². The van der Waals surface area contributed by atoms with Crippen molar-refractivity contribution in [1.29, 1.82) is 0 Å². The van der Waals surface area contributed by atoms with Crippen molar-refractivity contribution in [3.8, 4) is 0 Å².